The molecule has 112 valence electrons. The number of carboxylic acid groups (broad SMARTS) is 1. The molecule has 0 radical (unpaired) electrons. The van der Waals surface area contributed by atoms with Gasteiger partial charge in [0.2, 0.25) is 0 Å². The van der Waals surface area contributed by atoms with E-state index in [1.165, 1.54) is 11.1 Å². The molecule has 0 spiro atoms. The maximum atomic E-state index is 11.8. The molecule has 0 unspecified atom stereocenters. The summed E-state index contributed by atoms with van der Waals surface area (Å²) in [4.78, 5) is 22.5. The number of hydrogen-bond donors (Lipinski definition) is 1. The summed E-state index contributed by atoms with van der Waals surface area (Å²) in [7, 11) is 0. The second-order valence-electron chi connectivity index (χ2n) is 6.19. The zero-order chi connectivity index (χ0) is 14.9. The van der Waals surface area contributed by atoms with Crippen LogP contribution >= 0.6 is 0 Å². The van der Waals surface area contributed by atoms with Gasteiger partial charge in [-0.05, 0) is 49.7 Å². The lowest BCUT2D eigenvalue weighted by Crippen LogP contribution is -2.41. The van der Waals surface area contributed by atoms with Crippen LogP contribution in [0, 0.1) is 5.92 Å². The topological polar surface area (TPSA) is 63.6 Å². The van der Waals surface area contributed by atoms with Crippen molar-refractivity contribution in [2.24, 2.45) is 5.92 Å². The van der Waals surface area contributed by atoms with Crippen molar-refractivity contribution < 1.29 is 19.4 Å². The third-order valence-electron chi connectivity index (χ3n) is 4.86. The number of hydrogen-bond acceptors (Lipinski definition) is 3. The fourth-order valence-electron chi connectivity index (χ4n) is 3.88. The minimum absolute atomic E-state index is 0.287. The van der Waals surface area contributed by atoms with Gasteiger partial charge in [-0.2, -0.15) is 0 Å². The van der Waals surface area contributed by atoms with Crippen molar-refractivity contribution >= 4 is 11.9 Å². The SMILES string of the molecule is O=C(O)CC(=O)OC1(C2Cc3ccccc3C2)CCCC1. The van der Waals surface area contributed by atoms with Gasteiger partial charge in [0.25, 0.3) is 0 Å². The van der Waals surface area contributed by atoms with Crippen LogP contribution in [0.4, 0.5) is 0 Å². The highest BCUT2D eigenvalue weighted by Gasteiger charge is 2.46. The highest BCUT2D eigenvalue weighted by molar-refractivity contribution is 5.90. The van der Waals surface area contributed by atoms with Crippen LogP contribution in [0.2, 0.25) is 0 Å². The van der Waals surface area contributed by atoms with Gasteiger partial charge in [0.15, 0.2) is 0 Å². The maximum Gasteiger partial charge on any atom is 0.317 e. The molecule has 21 heavy (non-hydrogen) atoms. The molecule has 3 rings (SSSR count). The number of ether oxygens (including phenoxy) is 1. The summed E-state index contributed by atoms with van der Waals surface area (Å²) in [6.45, 7) is 0. The number of carboxylic acids is 1. The van der Waals surface area contributed by atoms with E-state index in [0.717, 1.165) is 38.5 Å². The number of benzene rings is 1. The van der Waals surface area contributed by atoms with E-state index in [2.05, 4.69) is 12.1 Å². The zero-order valence-electron chi connectivity index (χ0n) is 12.0. The molecule has 0 atom stereocenters. The first kappa shape index (κ1) is 14.1. The average Bonchev–Trinajstić information content (AvgIpc) is 3.04. The van der Waals surface area contributed by atoms with E-state index in [-0.39, 0.29) is 5.92 Å². The van der Waals surface area contributed by atoms with Crippen molar-refractivity contribution in [2.75, 3.05) is 0 Å². The molecule has 1 aromatic rings. The summed E-state index contributed by atoms with van der Waals surface area (Å²) < 4.78 is 5.71. The summed E-state index contributed by atoms with van der Waals surface area (Å²) in [5.74, 6) is -1.43. The van der Waals surface area contributed by atoms with E-state index < -0.39 is 24.0 Å². The lowest BCUT2D eigenvalue weighted by Gasteiger charge is -2.35. The van der Waals surface area contributed by atoms with E-state index in [4.69, 9.17) is 9.84 Å². The second kappa shape index (κ2) is 5.51. The summed E-state index contributed by atoms with van der Waals surface area (Å²) in [6.07, 6.45) is 5.13. The van der Waals surface area contributed by atoms with Gasteiger partial charge in [-0.25, -0.2) is 0 Å². The predicted octanol–water partition coefficient (Wildman–Crippen LogP) is 2.73. The van der Waals surface area contributed by atoms with Gasteiger partial charge < -0.3 is 9.84 Å². The van der Waals surface area contributed by atoms with E-state index in [1.54, 1.807) is 0 Å². The Hall–Kier alpha value is -1.84. The van der Waals surface area contributed by atoms with Crippen molar-refractivity contribution in [3.05, 3.63) is 35.4 Å². The Labute approximate surface area is 124 Å². The monoisotopic (exact) mass is 288 g/mol. The van der Waals surface area contributed by atoms with Gasteiger partial charge in [-0.15, -0.1) is 0 Å². The van der Waals surface area contributed by atoms with Crippen LogP contribution in [0.25, 0.3) is 0 Å². The van der Waals surface area contributed by atoms with Crippen LogP contribution < -0.4 is 0 Å². The Morgan fingerprint density at radius 2 is 1.71 bits per heavy atom. The van der Waals surface area contributed by atoms with E-state index in [1.807, 2.05) is 12.1 Å². The molecular weight excluding hydrogens is 268 g/mol. The van der Waals surface area contributed by atoms with Gasteiger partial charge in [-0.1, -0.05) is 24.3 Å². The third-order valence-corrected chi connectivity index (χ3v) is 4.86. The molecule has 0 aliphatic heterocycles. The first-order valence-electron chi connectivity index (χ1n) is 7.59. The van der Waals surface area contributed by atoms with Gasteiger partial charge >= 0.3 is 11.9 Å². The Kier molecular flexibility index (Phi) is 3.70. The predicted molar refractivity (Wildman–Crippen MR) is 76.9 cm³/mol. The van der Waals surface area contributed by atoms with Crippen LogP contribution in [0.15, 0.2) is 24.3 Å². The van der Waals surface area contributed by atoms with E-state index in [9.17, 15) is 9.59 Å². The van der Waals surface area contributed by atoms with Crippen LogP contribution in [0.5, 0.6) is 0 Å². The van der Waals surface area contributed by atoms with Crippen LogP contribution in [-0.4, -0.2) is 22.6 Å². The first-order chi connectivity index (χ1) is 10.1. The summed E-state index contributed by atoms with van der Waals surface area (Å²) in [5.41, 5.74) is 2.22. The maximum absolute atomic E-state index is 11.8. The molecule has 1 fully saturated rings. The highest BCUT2D eigenvalue weighted by atomic mass is 16.6. The summed E-state index contributed by atoms with van der Waals surface area (Å²) in [6, 6.07) is 8.35. The van der Waals surface area contributed by atoms with Gasteiger partial charge in [0.05, 0.1) is 0 Å². The summed E-state index contributed by atoms with van der Waals surface area (Å²) in [5, 5.41) is 8.75. The summed E-state index contributed by atoms with van der Waals surface area (Å²) >= 11 is 0. The van der Waals surface area contributed by atoms with Crippen LogP contribution in [-0.2, 0) is 27.2 Å². The van der Waals surface area contributed by atoms with E-state index >= 15 is 0 Å². The molecule has 4 heteroatoms. The van der Waals surface area contributed by atoms with Gasteiger partial charge in [0.1, 0.15) is 12.0 Å². The number of rotatable bonds is 4. The van der Waals surface area contributed by atoms with Crippen molar-refractivity contribution in [2.45, 2.75) is 50.5 Å². The molecule has 1 N–H and O–H groups in total. The average molecular weight is 288 g/mol. The molecule has 2 aliphatic rings. The molecule has 1 saturated carbocycles. The smallest absolute Gasteiger partial charge is 0.317 e. The normalized spacial score (nSPS) is 20.2. The molecule has 0 aromatic heterocycles. The van der Waals surface area contributed by atoms with Gasteiger partial charge in [0, 0.05) is 5.92 Å². The third kappa shape index (κ3) is 2.80. The molecule has 1 aromatic carbocycles. The number of fused-ring (bicyclic) bond motifs is 1. The molecule has 2 aliphatic carbocycles. The second-order valence-corrected chi connectivity index (χ2v) is 6.19. The van der Waals surface area contributed by atoms with Crippen LogP contribution in [0.3, 0.4) is 0 Å². The molecule has 0 saturated heterocycles. The fraction of sp³-hybridized carbons (Fsp3) is 0.529. The molecule has 0 heterocycles. The lowest BCUT2D eigenvalue weighted by molar-refractivity contribution is -0.168. The fourth-order valence-corrected chi connectivity index (χ4v) is 3.88. The van der Waals surface area contributed by atoms with Crippen molar-refractivity contribution in [3.63, 3.8) is 0 Å². The van der Waals surface area contributed by atoms with Gasteiger partial charge in [-0.3, -0.25) is 9.59 Å². The largest absolute Gasteiger partial charge is 0.481 e. The first-order valence-corrected chi connectivity index (χ1v) is 7.59. The molecular formula is C17H20O4. The number of aliphatic carboxylic acids is 1. The molecule has 0 amide bonds. The van der Waals surface area contributed by atoms with E-state index in [0.29, 0.717) is 0 Å². The molecule has 0 bridgehead atoms. The van der Waals surface area contributed by atoms with Crippen molar-refractivity contribution in [1.82, 2.24) is 0 Å². The number of esters is 1. The Balaban J connectivity index is 1.76. The standard InChI is InChI=1S/C17H20O4/c18-15(19)11-16(20)21-17(7-3-4-8-17)14-9-12-5-1-2-6-13(12)10-14/h1-2,5-6,14H,3-4,7-11H2,(H,18,19). The Bertz CT molecular complexity index is 533. The minimum Gasteiger partial charge on any atom is -0.481 e. The minimum atomic E-state index is -1.12. The Morgan fingerprint density at radius 3 is 2.24 bits per heavy atom. The number of carbonyl (C=O) groups excluding carboxylic acids is 1. The van der Waals surface area contributed by atoms with Crippen molar-refractivity contribution in [1.29, 1.82) is 0 Å². The lowest BCUT2D eigenvalue weighted by atomic mass is 9.83. The van der Waals surface area contributed by atoms with Crippen LogP contribution in [0.1, 0.15) is 43.2 Å². The zero-order valence-corrected chi connectivity index (χ0v) is 12.0. The Morgan fingerprint density at radius 1 is 1.14 bits per heavy atom. The highest BCUT2D eigenvalue weighted by Crippen LogP contribution is 2.45. The molecule has 4 nitrogen and oxygen atoms in total. The van der Waals surface area contributed by atoms with Crippen molar-refractivity contribution in [3.8, 4) is 0 Å². The number of carbonyl (C=O) groups is 2. The quantitative estimate of drug-likeness (QED) is 0.683.